The van der Waals surface area contributed by atoms with Gasteiger partial charge in [0.1, 0.15) is 16.0 Å². The van der Waals surface area contributed by atoms with Crippen LogP contribution in [0.15, 0.2) is 41.1 Å². The number of non-ortho nitro benzene ring substituents is 1. The van der Waals surface area contributed by atoms with Crippen LogP contribution in [-0.4, -0.2) is 32.6 Å². The standard InChI is InChI=1S/C15H12Cl2N2O5/c1-8-7-11(15(2,17)13(16)12(8)20)18-24-14(21)9-3-5-10(6-4-9)19(22)23/h3-7,13H,1-2H3/b18-11+. The monoisotopic (exact) mass is 370 g/mol. The van der Waals surface area contributed by atoms with Gasteiger partial charge in [-0.1, -0.05) is 5.16 Å². The zero-order valence-electron chi connectivity index (χ0n) is 12.7. The summed E-state index contributed by atoms with van der Waals surface area (Å²) in [6.07, 6.45) is 1.40. The summed E-state index contributed by atoms with van der Waals surface area (Å²) in [6.45, 7) is 3.04. The first kappa shape index (κ1) is 18.1. The van der Waals surface area contributed by atoms with Gasteiger partial charge in [-0.05, 0) is 37.6 Å². The van der Waals surface area contributed by atoms with Gasteiger partial charge in [0.25, 0.3) is 5.69 Å². The van der Waals surface area contributed by atoms with Crippen LogP contribution in [0.1, 0.15) is 24.2 Å². The lowest BCUT2D eigenvalue weighted by Gasteiger charge is -2.30. The van der Waals surface area contributed by atoms with E-state index >= 15 is 0 Å². The highest BCUT2D eigenvalue weighted by Crippen LogP contribution is 2.33. The maximum absolute atomic E-state index is 11.9. The van der Waals surface area contributed by atoms with Crippen LogP contribution in [0.25, 0.3) is 0 Å². The van der Waals surface area contributed by atoms with Crippen LogP contribution in [-0.2, 0) is 9.63 Å². The summed E-state index contributed by atoms with van der Waals surface area (Å²) in [5, 5.41) is 13.2. The number of alkyl halides is 2. The average molecular weight is 371 g/mol. The van der Waals surface area contributed by atoms with E-state index < -0.39 is 21.1 Å². The zero-order valence-corrected chi connectivity index (χ0v) is 14.2. The molecule has 0 spiro atoms. The van der Waals surface area contributed by atoms with Gasteiger partial charge in [0.2, 0.25) is 0 Å². The summed E-state index contributed by atoms with van der Waals surface area (Å²) < 4.78 is 0. The number of carbonyl (C=O) groups is 2. The molecule has 1 aromatic rings. The fourth-order valence-corrected chi connectivity index (χ4v) is 2.44. The molecule has 0 radical (unpaired) electrons. The van der Waals surface area contributed by atoms with E-state index in [0.29, 0.717) is 5.57 Å². The molecule has 0 aromatic heterocycles. The van der Waals surface area contributed by atoms with Crippen molar-refractivity contribution in [2.75, 3.05) is 0 Å². The van der Waals surface area contributed by atoms with E-state index in [9.17, 15) is 19.7 Å². The van der Waals surface area contributed by atoms with Crippen LogP contribution in [0, 0.1) is 10.1 Å². The Morgan fingerprint density at radius 2 is 1.96 bits per heavy atom. The predicted molar refractivity (Wildman–Crippen MR) is 88.6 cm³/mol. The molecule has 1 aliphatic carbocycles. The third-order valence-electron chi connectivity index (χ3n) is 3.49. The molecular formula is C15H12Cl2N2O5. The molecule has 126 valence electrons. The van der Waals surface area contributed by atoms with Crippen LogP contribution in [0.2, 0.25) is 0 Å². The largest absolute Gasteiger partial charge is 0.365 e. The van der Waals surface area contributed by atoms with Crippen molar-refractivity contribution < 1.29 is 19.3 Å². The molecule has 0 saturated heterocycles. The number of rotatable bonds is 3. The average Bonchev–Trinajstić information content (AvgIpc) is 2.55. The summed E-state index contributed by atoms with van der Waals surface area (Å²) in [6, 6.07) is 4.84. The van der Waals surface area contributed by atoms with Gasteiger partial charge in [0, 0.05) is 12.1 Å². The van der Waals surface area contributed by atoms with Crippen LogP contribution >= 0.6 is 23.2 Å². The second-order valence-electron chi connectivity index (χ2n) is 5.29. The molecule has 0 fully saturated rings. The van der Waals surface area contributed by atoms with Crippen molar-refractivity contribution >= 4 is 46.4 Å². The summed E-state index contributed by atoms with van der Waals surface area (Å²) in [5.41, 5.74) is 0.409. The molecule has 0 amide bonds. The Hall–Kier alpha value is -2.25. The van der Waals surface area contributed by atoms with E-state index in [-0.39, 0.29) is 22.7 Å². The topological polar surface area (TPSA) is 98.9 Å². The van der Waals surface area contributed by atoms with Gasteiger partial charge in [-0.3, -0.25) is 14.9 Å². The SMILES string of the molecule is CC1=C/C(=N\OC(=O)c2ccc([N+](=O)[O-])cc2)C(C)(Cl)C(Cl)C1=O. The minimum atomic E-state index is -1.33. The molecule has 0 N–H and O–H groups in total. The third-order valence-corrected chi connectivity index (χ3v) is 4.65. The number of hydrogen-bond acceptors (Lipinski definition) is 6. The van der Waals surface area contributed by atoms with Crippen LogP contribution < -0.4 is 0 Å². The van der Waals surface area contributed by atoms with Gasteiger partial charge in [-0.25, -0.2) is 4.79 Å². The highest BCUT2D eigenvalue weighted by atomic mass is 35.5. The normalized spacial score (nSPS) is 25.3. The molecule has 0 aliphatic heterocycles. The Bertz CT molecular complexity index is 769. The first-order valence-electron chi connectivity index (χ1n) is 6.74. The quantitative estimate of drug-likeness (QED) is 0.352. The molecule has 0 bridgehead atoms. The first-order valence-corrected chi connectivity index (χ1v) is 7.55. The number of Topliss-reactive ketones (excluding diaryl/α,β-unsaturated/α-hetero) is 1. The zero-order chi connectivity index (χ0) is 18.1. The van der Waals surface area contributed by atoms with Crippen LogP contribution in [0.3, 0.4) is 0 Å². The van der Waals surface area contributed by atoms with E-state index in [1.165, 1.54) is 37.3 Å². The van der Waals surface area contributed by atoms with E-state index in [2.05, 4.69) is 5.16 Å². The Balaban J connectivity index is 2.21. The summed E-state index contributed by atoms with van der Waals surface area (Å²) in [5.74, 6) is -1.14. The molecule has 0 saturated carbocycles. The maximum atomic E-state index is 11.9. The summed E-state index contributed by atoms with van der Waals surface area (Å²) in [4.78, 5) is 37.3. The molecule has 1 aromatic carbocycles. The summed E-state index contributed by atoms with van der Waals surface area (Å²) >= 11 is 12.3. The molecular weight excluding hydrogens is 359 g/mol. The van der Waals surface area contributed by atoms with Crippen molar-refractivity contribution in [1.29, 1.82) is 0 Å². The molecule has 2 unspecified atom stereocenters. The maximum Gasteiger partial charge on any atom is 0.365 e. The molecule has 7 nitrogen and oxygen atoms in total. The second-order valence-corrected chi connectivity index (χ2v) is 6.51. The lowest BCUT2D eigenvalue weighted by atomic mass is 9.87. The number of oxime groups is 1. The van der Waals surface area contributed by atoms with Crippen molar-refractivity contribution in [2.45, 2.75) is 24.1 Å². The number of nitro groups is 1. The smallest absolute Gasteiger partial charge is 0.312 e. The molecule has 1 aliphatic rings. The molecule has 2 atom stereocenters. The van der Waals surface area contributed by atoms with Crippen molar-refractivity contribution in [3.63, 3.8) is 0 Å². The van der Waals surface area contributed by atoms with E-state index in [0.717, 1.165) is 0 Å². The van der Waals surface area contributed by atoms with Crippen molar-refractivity contribution in [1.82, 2.24) is 0 Å². The van der Waals surface area contributed by atoms with Gasteiger partial charge in [-0.15, -0.1) is 23.2 Å². The number of benzene rings is 1. The van der Waals surface area contributed by atoms with E-state index in [4.69, 9.17) is 28.0 Å². The Kier molecular flexibility index (Phi) is 5.05. The number of nitro benzene ring substituents is 1. The Morgan fingerprint density at radius 3 is 2.50 bits per heavy atom. The van der Waals surface area contributed by atoms with E-state index in [1.54, 1.807) is 6.92 Å². The van der Waals surface area contributed by atoms with Crippen LogP contribution in [0.4, 0.5) is 5.69 Å². The molecule has 9 heteroatoms. The molecule has 0 heterocycles. The predicted octanol–water partition coefficient (Wildman–Crippen LogP) is 3.24. The lowest BCUT2D eigenvalue weighted by molar-refractivity contribution is -0.384. The third kappa shape index (κ3) is 3.47. The minimum Gasteiger partial charge on any atom is -0.312 e. The Labute approximate surface area is 147 Å². The Morgan fingerprint density at radius 1 is 1.38 bits per heavy atom. The van der Waals surface area contributed by atoms with Gasteiger partial charge in [0.05, 0.1) is 10.5 Å². The van der Waals surface area contributed by atoms with Crippen molar-refractivity contribution in [3.8, 4) is 0 Å². The number of allylic oxidation sites excluding steroid dienone is 2. The summed E-state index contributed by atoms with van der Waals surface area (Å²) in [7, 11) is 0. The van der Waals surface area contributed by atoms with Gasteiger partial charge in [0.15, 0.2) is 5.78 Å². The van der Waals surface area contributed by atoms with E-state index in [1.807, 2.05) is 0 Å². The first-order chi connectivity index (χ1) is 11.1. The van der Waals surface area contributed by atoms with Gasteiger partial charge >= 0.3 is 5.97 Å². The highest BCUT2D eigenvalue weighted by molar-refractivity contribution is 6.50. The number of halogens is 2. The highest BCUT2D eigenvalue weighted by Gasteiger charge is 2.44. The fourth-order valence-electron chi connectivity index (χ4n) is 1.97. The van der Waals surface area contributed by atoms with Crippen molar-refractivity contribution in [3.05, 3.63) is 51.6 Å². The van der Waals surface area contributed by atoms with Gasteiger partial charge in [-0.2, -0.15) is 0 Å². The molecule has 2 rings (SSSR count). The van der Waals surface area contributed by atoms with Gasteiger partial charge < -0.3 is 4.84 Å². The van der Waals surface area contributed by atoms with Crippen LogP contribution in [0.5, 0.6) is 0 Å². The fraction of sp³-hybridized carbons (Fsp3) is 0.267. The minimum absolute atomic E-state index is 0.0798. The molecule has 24 heavy (non-hydrogen) atoms. The number of ketones is 1. The van der Waals surface area contributed by atoms with Crippen molar-refractivity contribution in [2.24, 2.45) is 5.16 Å². The second kappa shape index (κ2) is 6.70. The number of carbonyl (C=O) groups excluding carboxylic acids is 2. The number of hydrogen-bond donors (Lipinski definition) is 0. The number of nitrogens with zero attached hydrogens (tertiary/aromatic N) is 2. The lowest BCUT2D eigenvalue weighted by Crippen LogP contribution is -2.46.